The molecule has 19 heavy (non-hydrogen) atoms. The molecule has 3 heteroatoms. The van der Waals surface area contributed by atoms with Crippen LogP contribution >= 0.6 is 0 Å². The van der Waals surface area contributed by atoms with Gasteiger partial charge in [0, 0.05) is 25.6 Å². The van der Waals surface area contributed by atoms with Gasteiger partial charge in [-0.25, -0.2) is 0 Å². The van der Waals surface area contributed by atoms with E-state index in [1.54, 1.807) is 0 Å². The van der Waals surface area contributed by atoms with Crippen molar-refractivity contribution in [2.45, 2.75) is 70.8 Å². The molecule has 1 aliphatic heterocycles. The Balaban J connectivity index is 1.90. The van der Waals surface area contributed by atoms with Gasteiger partial charge in [0.1, 0.15) is 0 Å². The van der Waals surface area contributed by atoms with E-state index in [9.17, 15) is 4.79 Å². The Morgan fingerprint density at radius 1 is 1.21 bits per heavy atom. The first-order chi connectivity index (χ1) is 9.31. The maximum atomic E-state index is 12.1. The second-order valence-electron chi connectivity index (χ2n) is 6.26. The van der Waals surface area contributed by atoms with Crippen molar-refractivity contribution in [1.82, 2.24) is 10.2 Å². The molecule has 0 aromatic rings. The highest BCUT2D eigenvalue weighted by molar-refractivity contribution is 5.76. The maximum absolute atomic E-state index is 12.1. The van der Waals surface area contributed by atoms with Crippen LogP contribution in [0.4, 0.5) is 0 Å². The van der Waals surface area contributed by atoms with Crippen molar-refractivity contribution in [2.24, 2.45) is 5.92 Å². The molecule has 2 fully saturated rings. The second-order valence-corrected chi connectivity index (χ2v) is 6.26. The molecule has 0 radical (unpaired) electrons. The number of amides is 1. The zero-order chi connectivity index (χ0) is 13.5. The van der Waals surface area contributed by atoms with E-state index in [2.05, 4.69) is 17.1 Å². The maximum Gasteiger partial charge on any atom is 0.222 e. The number of nitrogens with one attached hydrogen (secondary N) is 1. The number of rotatable bonds is 6. The minimum Gasteiger partial charge on any atom is -0.341 e. The highest BCUT2D eigenvalue weighted by Crippen LogP contribution is 2.28. The normalized spacial score (nSPS) is 23.6. The fourth-order valence-electron chi connectivity index (χ4n) is 3.54. The van der Waals surface area contributed by atoms with Crippen LogP contribution in [0.3, 0.4) is 0 Å². The second kappa shape index (κ2) is 7.88. The van der Waals surface area contributed by atoms with E-state index in [0.29, 0.717) is 11.9 Å². The molecule has 1 aliphatic carbocycles. The third kappa shape index (κ3) is 4.48. The lowest BCUT2D eigenvalue weighted by Crippen LogP contribution is -2.47. The van der Waals surface area contributed by atoms with Crippen molar-refractivity contribution in [2.75, 3.05) is 19.6 Å². The van der Waals surface area contributed by atoms with Crippen LogP contribution in [0.5, 0.6) is 0 Å². The fraction of sp³-hybridized carbons (Fsp3) is 0.938. The summed E-state index contributed by atoms with van der Waals surface area (Å²) < 4.78 is 0. The molecule has 3 nitrogen and oxygen atoms in total. The zero-order valence-electron chi connectivity index (χ0n) is 12.5. The van der Waals surface area contributed by atoms with Gasteiger partial charge in [0.05, 0.1) is 0 Å². The molecule has 1 amide bonds. The number of nitrogens with zero attached hydrogens (tertiary/aromatic N) is 1. The fourth-order valence-corrected chi connectivity index (χ4v) is 3.54. The van der Waals surface area contributed by atoms with Crippen LogP contribution in [0, 0.1) is 5.92 Å². The molecular formula is C16H30N2O. The summed E-state index contributed by atoms with van der Waals surface area (Å²) in [6.07, 6.45) is 10.9. The van der Waals surface area contributed by atoms with Crippen LogP contribution in [0.25, 0.3) is 0 Å². The van der Waals surface area contributed by atoms with Crippen LogP contribution in [-0.4, -0.2) is 36.5 Å². The standard InChI is InChI=1S/C16H30N2O/c1-2-11-17-15(14-8-5-6-9-14)13-18-12-7-3-4-10-16(18)19/h14-15,17H,2-13H2,1H3. The van der Waals surface area contributed by atoms with Crippen molar-refractivity contribution in [1.29, 1.82) is 0 Å². The first-order valence-corrected chi connectivity index (χ1v) is 8.32. The molecule has 1 saturated carbocycles. The van der Waals surface area contributed by atoms with Gasteiger partial charge in [-0.05, 0) is 44.6 Å². The van der Waals surface area contributed by atoms with Gasteiger partial charge in [-0.3, -0.25) is 4.79 Å². The minimum atomic E-state index is 0.388. The van der Waals surface area contributed by atoms with Gasteiger partial charge in [0.15, 0.2) is 0 Å². The largest absolute Gasteiger partial charge is 0.341 e. The predicted molar refractivity (Wildman–Crippen MR) is 79.1 cm³/mol. The molecule has 0 aromatic carbocycles. The molecule has 0 aromatic heterocycles. The smallest absolute Gasteiger partial charge is 0.222 e. The molecule has 1 unspecified atom stereocenters. The Morgan fingerprint density at radius 3 is 2.74 bits per heavy atom. The summed E-state index contributed by atoms with van der Waals surface area (Å²) in [5, 5.41) is 3.71. The van der Waals surface area contributed by atoms with Crippen LogP contribution in [0.15, 0.2) is 0 Å². The van der Waals surface area contributed by atoms with E-state index in [0.717, 1.165) is 38.4 Å². The highest BCUT2D eigenvalue weighted by atomic mass is 16.2. The van der Waals surface area contributed by atoms with E-state index in [1.807, 2.05) is 0 Å². The zero-order valence-corrected chi connectivity index (χ0v) is 12.5. The summed E-state index contributed by atoms with van der Waals surface area (Å²) in [6, 6.07) is 0.532. The van der Waals surface area contributed by atoms with Crippen molar-refractivity contribution >= 4 is 5.91 Å². The van der Waals surface area contributed by atoms with Gasteiger partial charge in [0.25, 0.3) is 0 Å². The molecule has 2 rings (SSSR count). The molecule has 1 saturated heterocycles. The number of hydrogen-bond acceptors (Lipinski definition) is 2. The topological polar surface area (TPSA) is 32.3 Å². The Kier molecular flexibility index (Phi) is 6.15. The van der Waals surface area contributed by atoms with Gasteiger partial charge in [-0.1, -0.05) is 26.2 Å². The Hall–Kier alpha value is -0.570. The summed E-state index contributed by atoms with van der Waals surface area (Å²) >= 11 is 0. The average Bonchev–Trinajstić information content (AvgIpc) is 2.87. The van der Waals surface area contributed by atoms with Crippen molar-refractivity contribution < 1.29 is 4.79 Å². The van der Waals surface area contributed by atoms with Gasteiger partial charge in [0.2, 0.25) is 5.91 Å². The molecule has 2 aliphatic rings. The third-order valence-electron chi connectivity index (χ3n) is 4.71. The Bertz CT molecular complexity index is 274. The Morgan fingerprint density at radius 2 is 2.00 bits per heavy atom. The number of hydrogen-bond donors (Lipinski definition) is 1. The van der Waals surface area contributed by atoms with E-state index in [-0.39, 0.29) is 0 Å². The molecule has 1 N–H and O–H groups in total. The monoisotopic (exact) mass is 266 g/mol. The summed E-state index contributed by atoms with van der Waals surface area (Å²) in [7, 11) is 0. The van der Waals surface area contributed by atoms with E-state index < -0.39 is 0 Å². The van der Waals surface area contributed by atoms with Gasteiger partial charge >= 0.3 is 0 Å². The van der Waals surface area contributed by atoms with Crippen LogP contribution in [-0.2, 0) is 4.79 Å². The molecule has 0 bridgehead atoms. The average molecular weight is 266 g/mol. The van der Waals surface area contributed by atoms with Crippen molar-refractivity contribution in [3.05, 3.63) is 0 Å². The summed E-state index contributed by atoms with van der Waals surface area (Å²) in [4.78, 5) is 14.3. The molecular weight excluding hydrogens is 236 g/mol. The van der Waals surface area contributed by atoms with Crippen LogP contribution in [0.2, 0.25) is 0 Å². The lowest BCUT2D eigenvalue weighted by molar-refractivity contribution is -0.131. The SMILES string of the molecule is CCCNC(CN1CCCCCC1=O)C1CCCC1. The number of carbonyl (C=O) groups excluding carboxylic acids is 1. The van der Waals surface area contributed by atoms with Gasteiger partial charge in [-0.2, -0.15) is 0 Å². The number of carbonyl (C=O) groups is 1. The summed E-state index contributed by atoms with van der Waals surface area (Å²) in [5.74, 6) is 1.18. The lowest BCUT2D eigenvalue weighted by Gasteiger charge is -2.31. The third-order valence-corrected chi connectivity index (χ3v) is 4.71. The minimum absolute atomic E-state index is 0.388. The Labute approximate surface area is 118 Å². The lowest BCUT2D eigenvalue weighted by atomic mass is 9.97. The molecule has 0 spiro atoms. The van der Waals surface area contributed by atoms with E-state index in [1.165, 1.54) is 44.9 Å². The van der Waals surface area contributed by atoms with Crippen LogP contribution in [0.1, 0.15) is 64.7 Å². The first-order valence-electron chi connectivity index (χ1n) is 8.32. The van der Waals surface area contributed by atoms with Gasteiger partial charge in [-0.15, -0.1) is 0 Å². The molecule has 1 heterocycles. The van der Waals surface area contributed by atoms with E-state index in [4.69, 9.17) is 0 Å². The summed E-state index contributed by atoms with van der Waals surface area (Å²) in [6.45, 7) is 5.23. The quantitative estimate of drug-likeness (QED) is 0.801. The van der Waals surface area contributed by atoms with Crippen molar-refractivity contribution in [3.8, 4) is 0 Å². The van der Waals surface area contributed by atoms with E-state index >= 15 is 0 Å². The molecule has 110 valence electrons. The number of likely N-dealkylation sites (tertiary alicyclic amines) is 1. The van der Waals surface area contributed by atoms with Crippen LogP contribution < -0.4 is 5.32 Å². The molecule has 1 atom stereocenters. The predicted octanol–water partition coefficient (Wildman–Crippen LogP) is 2.95. The van der Waals surface area contributed by atoms with Crippen molar-refractivity contribution in [3.63, 3.8) is 0 Å². The highest BCUT2D eigenvalue weighted by Gasteiger charge is 2.28. The van der Waals surface area contributed by atoms with Gasteiger partial charge < -0.3 is 10.2 Å². The summed E-state index contributed by atoms with van der Waals surface area (Å²) in [5.41, 5.74) is 0. The first kappa shape index (κ1) is 14.8.